The van der Waals surface area contributed by atoms with Gasteiger partial charge in [-0.1, -0.05) is 30.3 Å². The maximum Gasteiger partial charge on any atom is 0.414 e. The van der Waals surface area contributed by atoms with E-state index in [0.29, 0.717) is 6.07 Å². The van der Waals surface area contributed by atoms with E-state index in [1.165, 1.54) is 0 Å². The average Bonchev–Trinajstić information content (AvgIpc) is 2.52. The molecule has 2 aromatic rings. The molecule has 0 fully saturated rings. The van der Waals surface area contributed by atoms with Crippen LogP contribution in [0.4, 0.5) is 19.3 Å². The number of carbonyl (C=O) groups is 1. The van der Waals surface area contributed by atoms with Gasteiger partial charge in [-0.15, -0.1) is 0 Å². The topological polar surface area (TPSA) is 49.8 Å². The quantitative estimate of drug-likeness (QED) is 0.923. The maximum absolute atomic E-state index is 13.8. The number of aliphatic hydroxyl groups excluding tert-OH is 1. The highest BCUT2D eigenvalue weighted by Gasteiger charge is 2.20. The van der Waals surface area contributed by atoms with Gasteiger partial charge in [0, 0.05) is 6.07 Å². The largest absolute Gasteiger partial charge is 0.444 e. The summed E-state index contributed by atoms with van der Waals surface area (Å²) in [5.74, 6) is -1.65. The molecule has 0 aliphatic carbocycles. The molecule has 0 saturated heterocycles. The van der Waals surface area contributed by atoms with Crippen LogP contribution in [0, 0.1) is 11.6 Å². The van der Waals surface area contributed by atoms with E-state index in [2.05, 4.69) is 0 Å². The molecule has 0 aliphatic heterocycles. The molecule has 0 unspecified atom stereocenters. The number of nitrogens with zero attached hydrogens (tertiary/aromatic N) is 1. The molecule has 4 nitrogen and oxygen atoms in total. The molecule has 0 heterocycles. The first-order valence-electron chi connectivity index (χ1n) is 6.66. The Kier molecular flexibility index (Phi) is 5.43. The first-order valence-corrected chi connectivity index (χ1v) is 6.66. The van der Waals surface area contributed by atoms with Gasteiger partial charge in [0.15, 0.2) is 0 Å². The van der Waals surface area contributed by atoms with E-state index in [1.807, 2.05) is 6.07 Å². The van der Waals surface area contributed by atoms with Gasteiger partial charge < -0.3 is 9.84 Å². The van der Waals surface area contributed by atoms with Crippen molar-refractivity contribution in [2.45, 2.75) is 6.61 Å². The molecular weight excluding hydrogens is 292 g/mol. The highest BCUT2D eigenvalue weighted by atomic mass is 19.1. The normalized spacial score (nSPS) is 10.3. The SMILES string of the molecule is O=C(OCc1ccccc1)N(CCO)c1ccc(F)cc1F. The lowest BCUT2D eigenvalue weighted by molar-refractivity contribution is 0.145. The molecule has 22 heavy (non-hydrogen) atoms. The second-order valence-electron chi connectivity index (χ2n) is 4.51. The van der Waals surface area contributed by atoms with Gasteiger partial charge in [0.05, 0.1) is 18.8 Å². The molecule has 1 amide bonds. The third-order valence-electron chi connectivity index (χ3n) is 2.95. The molecule has 0 radical (unpaired) electrons. The number of benzene rings is 2. The molecule has 116 valence electrons. The zero-order chi connectivity index (χ0) is 15.9. The van der Waals surface area contributed by atoms with Crippen molar-refractivity contribution in [1.82, 2.24) is 0 Å². The third-order valence-corrected chi connectivity index (χ3v) is 2.95. The van der Waals surface area contributed by atoms with Gasteiger partial charge in [-0.05, 0) is 17.7 Å². The summed E-state index contributed by atoms with van der Waals surface area (Å²) in [4.78, 5) is 13.0. The number of hydrogen-bond donors (Lipinski definition) is 1. The second-order valence-corrected chi connectivity index (χ2v) is 4.51. The molecule has 0 saturated carbocycles. The molecular formula is C16H15F2NO3. The van der Waals surface area contributed by atoms with Crippen LogP contribution in [0.2, 0.25) is 0 Å². The van der Waals surface area contributed by atoms with Crippen LogP contribution in [0.1, 0.15) is 5.56 Å². The van der Waals surface area contributed by atoms with Gasteiger partial charge >= 0.3 is 6.09 Å². The summed E-state index contributed by atoms with van der Waals surface area (Å²) >= 11 is 0. The van der Waals surface area contributed by atoms with Crippen LogP contribution in [0.3, 0.4) is 0 Å². The zero-order valence-corrected chi connectivity index (χ0v) is 11.7. The Hall–Kier alpha value is -2.47. The van der Waals surface area contributed by atoms with Crippen molar-refractivity contribution in [3.05, 3.63) is 65.7 Å². The minimum absolute atomic E-state index is 0.0183. The van der Waals surface area contributed by atoms with Crippen molar-refractivity contribution in [2.75, 3.05) is 18.1 Å². The van der Waals surface area contributed by atoms with Crippen molar-refractivity contribution in [3.63, 3.8) is 0 Å². The molecule has 2 aromatic carbocycles. The van der Waals surface area contributed by atoms with Crippen molar-refractivity contribution < 1.29 is 23.4 Å². The lowest BCUT2D eigenvalue weighted by Gasteiger charge is -2.21. The number of halogens is 2. The number of rotatable bonds is 5. The van der Waals surface area contributed by atoms with Gasteiger partial charge in [-0.2, -0.15) is 0 Å². The number of aliphatic hydroxyl groups is 1. The summed E-state index contributed by atoms with van der Waals surface area (Å²) in [5, 5.41) is 9.03. The number of ether oxygens (including phenoxy) is 1. The molecule has 2 rings (SSSR count). The highest BCUT2D eigenvalue weighted by molar-refractivity contribution is 5.87. The van der Waals surface area contributed by atoms with E-state index >= 15 is 0 Å². The van der Waals surface area contributed by atoms with Crippen LogP contribution < -0.4 is 4.90 Å². The Morgan fingerprint density at radius 3 is 2.50 bits per heavy atom. The van der Waals surface area contributed by atoms with E-state index in [9.17, 15) is 13.6 Å². The van der Waals surface area contributed by atoms with Crippen molar-refractivity contribution in [1.29, 1.82) is 0 Å². The van der Waals surface area contributed by atoms with Crippen LogP contribution >= 0.6 is 0 Å². The fraction of sp³-hybridized carbons (Fsp3) is 0.188. The summed E-state index contributed by atoms with van der Waals surface area (Å²) in [6.07, 6.45) is -0.816. The predicted molar refractivity (Wildman–Crippen MR) is 77.4 cm³/mol. The molecule has 6 heteroatoms. The fourth-order valence-electron chi connectivity index (χ4n) is 1.91. The minimum Gasteiger partial charge on any atom is -0.444 e. The van der Waals surface area contributed by atoms with Crippen LogP contribution in [-0.4, -0.2) is 24.4 Å². The molecule has 0 aromatic heterocycles. The number of anilines is 1. The van der Waals surface area contributed by atoms with Gasteiger partial charge in [-0.25, -0.2) is 13.6 Å². The van der Waals surface area contributed by atoms with Gasteiger partial charge in [0.1, 0.15) is 18.2 Å². The number of hydrogen-bond acceptors (Lipinski definition) is 3. The summed E-state index contributed by atoms with van der Waals surface area (Å²) in [6, 6.07) is 11.8. The lowest BCUT2D eigenvalue weighted by atomic mass is 10.2. The van der Waals surface area contributed by atoms with Gasteiger partial charge in [-0.3, -0.25) is 4.90 Å². The van der Waals surface area contributed by atoms with Crippen LogP contribution in [-0.2, 0) is 11.3 Å². The minimum atomic E-state index is -0.898. The van der Waals surface area contributed by atoms with E-state index in [0.717, 1.165) is 22.6 Å². The summed E-state index contributed by atoms with van der Waals surface area (Å²) in [6.45, 7) is -0.516. The highest BCUT2D eigenvalue weighted by Crippen LogP contribution is 2.21. The van der Waals surface area contributed by atoms with Crippen molar-refractivity contribution in [2.24, 2.45) is 0 Å². The zero-order valence-electron chi connectivity index (χ0n) is 11.7. The smallest absolute Gasteiger partial charge is 0.414 e. The lowest BCUT2D eigenvalue weighted by Crippen LogP contribution is -2.34. The Morgan fingerprint density at radius 2 is 1.86 bits per heavy atom. The molecule has 0 aliphatic rings. The maximum atomic E-state index is 13.8. The van der Waals surface area contributed by atoms with Crippen LogP contribution in [0.25, 0.3) is 0 Å². The average molecular weight is 307 g/mol. The molecule has 0 atom stereocenters. The summed E-state index contributed by atoms with van der Waals surface area (Å²) < 4.78 is 31.8. The molecule has 0 spiro atoms. The van der Waals surface area contributed by atoms with E-state index in [-0.39, 0.29) is 25.4 Å². The van der Waals surface area contributed by atoms with E-state index in [4.69, 9.17) is 9.84 Å². The van der Waals surface area contributed by atoms with Crippen molar-refractivity contribution >= 4 is 11.8 Å². The Labute approximate surface area is 126 Å². The monoisotopic (exact) mass is 307 g/mol. The van der Waals surface area contributed by atoms with Crippen LogP contribution in [0.5, 0.6) is 0 Å². The van der Waals surface area contributed by atoms with E-state index < -0.39 is 17.7 Å². The molecule has 1 N–H and O–H groups in total. The third kappa shape index (κ3) is 4.02. The fourth-order valence-corrected chi connectivity index (χ4v) is 1.91. The van der Waals surface area contributed by atoms with Gasteiger partial charge in [0.2, 0.25) is 0 Å². The second kappa shape index (κ2) is 7.51. The Bertz CT molecular complexity index is 635. The van der Waals surface area contributed by atoms with Gasteiger partial charge in [0.25, 0.3) is 0 Å². The number of carbonyl (C=O) groups excluding carboxylic acids is 1. The first-order chi connectivity index (χ1) is 10.6. The summed E-state index contributed by atoms with van der Waals surface area (Å²) in [5.41, 5.74) is 0.632. The van der Waals surface area contributed by atoms with Crippen molar-refractivity contribution in [3.8, 4) is 0 Å². The first kappa shape index (κ1) is 15.9. The number of amides is 1. The Balaban J connectivity index is 2.11. The summed E-state index contributed by atoms with van der Waals surface area (Å²) in [7, 11) is 0. The van der Waals surface area contributed by atoms with Crippen LogP contribution in [0.15, 0.2) is 48.5 Å². The Morgan fingerprint density at radius 1 is 1.14 bits per heavy atom. The predicted octanol–water partition coefficient (Wildman–Crippen LogP) is 3.10. The van der Waals surface area contributed by atoms with E-state index in [1.54, 1.807) is 24.3 Å². The molecule has 0 bridgehead atoms. The standard InChI is InChI=1S/C16H15F2NO3/c17-13-6-7-15(14(18)10-13)19(8-9-20)16(21)22-11-12-4-2-1-3-5-12/h1-7,10,20H,8-9,11H2.